The van der Waals surface area contributed by atoms with Crippen molar-refractivity contribution in [3.63, 3.8) is 0 Å². The topological polar surface area (TPSA) is 61.3 Å². The summed E-state index contributed by atoms with van der Waals surface area (Å²) in [6.07, 6.45) is 3.52. The molecule has 22 heavy (non-hydrogen) atoms. The summed E-state index contributed by atoms with van der Waals surface area (Å²) in [6, 6.07) is 9.77. The summed E-state index contributed by atoms with van der Waals surface area (Å²) in [5.41, 5.74) is 2.81. The smallest absolute Gasteiger partial charge is 0.283 e. The van der Waals surface area contributed by atoms with Crippen molar-refractivity contribution in [1.82, 2.24) is 10.2 Å². The first-order valence-corrected chi connectivity index (χ1v) is 7.90. The van der Waals surface area contributed by atoms with Crippen molar-refractivity contribution < 1.29 is 13.6 Å². The van der Waals surface area contributed by atoms with Gasteiger partial charge in [0.2, 0.25) is 0 Å². The number of ether oxygens (including phenoxy) is 1. The maximum Gasteiger partial charge on any atom is 0.283 e. The molecule has 0 aliphatic heterocycles. The van der Waals surface area contributed by atoms with Crippen LogP contribution in [0.25, 0.3) is 11.7 Å². The Bertz CT molecular complexity index is 809. The van der Waals surface area contributed by atoms with Crippen LogP contribution in [0.2, 0.25) is 0 Å². The summed E-state index contributed by atoms with van der Waals surface area (Å²) in [6.45, 7) is 0.244. The van der Waals surface area contributed by atoms with Crippen LogP contribution in [0.3, 0.4) is 0 Å². The minimum Gasteiger partial charge on any atom is -0.484 e. The van der Waals surface area contributed by atoms with E-state index in [1.807, 2.05) is 6.07 Å². The minimum absolute atomic E-state index is 0.244. The molecule has 1 aliphatic carbocycles. The van der Waals surface area contributed by atoms with Gasteiger partial charge in [0.15, 0.2) is 17.0 Å². The molecule has 0 saturated heterocycles. The van der Waals surface area contributed by atoms with Crippen molar-refractivity contribution >= 4 is 15.9 Å². The van der Waals surface area contributed by atoms with Gasteiger partial charge in [0.05, 0.1) is 0 Å². The van der Waals surface area contributed by atoms with Gasteiger partial charge in [-0.1, -0.05) is 6.07 Å². The Labute approximate surface area is 135 Å². The maximum absolute atomic E-state index is 5.74. The summed E-state index contributed by atoms with van der Waals surface area (Å²) in [7, 11) is 0. The number of halogens is 1. The van der Waals surface area contributed by atoms with E-state index in [0.29, 0.717) is 22.2 Å². The lowest BCUT2D eigenvalue weighted by atomic mass is 10.1. The first-order chi connectivity index (χ1) is 10.8. The molecule has 2 aromatic heterocycles. The summed E-state index contributed by atoms with van der Waals surface area (Å²) < 4.78 is 17.3. The summed E-state index contributed by atoms with van der Waals surface area (Å²) in [4.78, 5) is 0. The zero-order valence-corrected chi connectivity index (χ0v) is 13.3. The van der Waals surface area contributed by atoms with Crippen LogP contribution in [-0.2, 0) is 19.4 Å². The molecule has 0 amide bonds. The van der Waals surface area contributed by atoms with Gasteiger partial charge in [0, 0.05) is 0 Å². The van der Waals surface area contributed by atoms with Crippen LogP contribution in [-0.4, -0.2) is 10.2 Å². The average Bonchev–Trinajstić information content (AvgIpc) is 3.24. The Hall–Kier alpha value is -2.08. The third-order valence-electron chi connectivity index (χ3n) is 3.68. The fourth-order valence-electron chi connectivity index (χ4n) is 2.62. The number of hydrogen-bond acceptors (Lipinski definition) is 5. The number of aromatic nitrogens is 2. The Morgan fingerprint density at radius 1 is 1.05 bits per heavy atom. The molecule has 2 heterocycles. The average molecular weight is 361 g/mol. The fourth-order valence-corrected chi connectivity index (χ4v) is 2.93. The van der Waals surface area contributed by atoms with E-state index in [1.54, 1.807) is 12.1 Å². The SMILES string of the molecule is Brc1ccc(-c2nnc(COc3ccc4c(c3)CCC4)o2)o1. The number of furan rings is 1. The van der Waals surface area contributed by atoms with Gasteiger partial charge in [-0.3, -0.25) is 0 Å². The van der Waals surface area contributed by atoms with E-state index < -0.39 is 0 Å². The molecule has 112 valence electrons. The molecule has 6 heteroatoms. The Balaban J connectivity index is 1.45. The third-order valence-corrected chi connectivity index (χ3v) is 4.11. The largest absolute Gasteiger partial charge is 0.484 e. The van der Waals surface area contributed by atoms with Crippen LogP contribution in [0.15, 0.2) is 43.8 Å². The van der Waals surface area contributed by atoms with E-state index in [-0.39, 0.29) is 6.61 Å². The second kappa shape index (κ2) is 5.61. The van der Waals surface area contributed by atoms with Crippen molar-refractivity contribution in [2.45, 2.75) is 25.9 Å². The monoisotopic (exact) mass is 360 g/mol. The van der Waals surface area contributed by atoms with Crippen LogP contribution >= 0.6 is 15.9 Å². The highest BCUT2D eigenvalue weighted by Crippen LogP contribution is 2.27. The second-order valence-electron chi connectivity index (χ2n) is 5.18. The van der Waals surface area contributed by atoms with Crippen molar-refractivity contribution in [3.8, 4) is 17.4 Å². The highest BCUT2D eigenvalue weighted by molar-refractivity contribution is 9.10. The zero-order chi connectivity index (χ0) is 14.9. The van der Waals surface area contributed by atoms with Gasteiger partial charge in [-0.2, -0.15) is 0 Å². The number of hydrogen-bond donors (Lipinski definition) is 0. The molecular weight excluding hydrogens is 348 g/mol. The molecule has 0 N–H and O–H groups in total. The van der Waals surface area contributed by atoms with Crippen molar-refractivity contribution in [2.24, 2.45) is 0 Å². The molecular formula is C16H13BrN2O3. The molecule has 0 atom stereocenters. The lowest BCUT2D eigenvalue weighted by molar-refractivity contribution is 0.263. The Morgan fingerprint density at radius 2 is 1.95 bits per heavy atom. The fraction of sp³-hybridized carbons (Fsp3) is 0.250. The van der Waals surface area contributed by atoms with E-state index in [1.165, 1.54) is 24.0 Å². The second-order valence-corrected chi connectivity index (χ2v) is 5.96. The standard InChI is InChI=1S/C16H13BrN2O3/c17-14-7-6-13(21-14)16-19-18-15(22-16)9-20-12-5-4-10-2-1-3-11(10)8-12/h4-8H,1-3,9H2. The maximum atomic E-state index is 5.74. The van der Waals surface area contributed by atoms with Gasteiger partial charge in [0.1, 0.15) is 5.75 Å². The van der Waals surface area contributed by atoms with Crippen molar-refractivity contribution in [3.05, 3.63) is 52.0 Å². The Kier molecular flexibility index (Phi) is 3.46. The summed E-state index contributed by atoms with van der Waals surface area (Å²) >= 11 is 3.24. The first-order valence-electron chi connectivity index (χ1n) is 7.10. The minimum atomic E-state index is 0.244. The highest BCUT2D eigenvalue weighted by atomic mass is 79.9. The molecule has 4 rings (SSSR count). The third kappa shape index (κ3) is 2.66. The van der Waals surface area contributed by atoms with Crippen LogP contribution in [0.4, 0.5) is 0 Å². The van der Waals surface area contributed by atoms with Crippen molar-refractivity contribution in [2.75, 3.05) is 0 Å². The Morgan fingerprint density at radius 3 is 2.82 bits per heavy atom. The zero-order valence-electron chi connectivity index (χ0n) is 11.7. The molecule has 0 fully saturated rings. The van der Waals surface area contributed by atoms with Gasteiger partial charge in [0.25, 0.3) is 11.8 Å². The quantitative estimate of drug-likeness (QED) is 0.698. The molecule has 0 spiro atoms. The molecule has 0 bridgehead atoms. The van der Waals surface area contributed by atoms with E-state index in [0.717, 1.165) is 12.2 Å². The first kappa shape index (κ1) is 13.6. The lowest BCUT2D eigenvalue weighted by Gasteiger charge is -2.05. The predicted octanol–water partition coefficient (Wildman–Crippen LogP) is 4.16. The molecule has 1 aliphatic rings. The predicted molar refractivity (Wildman–Crippen MR) is 82.5 cm³/mol. The molecule has 5 nitrogen and oxygen atoms in total. The summed E-state index contributed by atoms with van der Waals surface area (Å²) in [5.74, 6) is 2.13. The van der Waals surface area contributed by atoms with Crippen LogP contribution in [0.1, 0.15) is 23.4 Å². The summed E-state index contributed by atoms with van der Waals surface area (Å²) in [5, 5.41) is 7.93. The van der Waals surface area contributed by atoms with Crippen LogP contribution in [0, 0.1) is 0 Å². The van der Waals surface area contributed by atoms with Gasteiger partial charge in [-0.25, -0.2) is 0 Å². The number of aryl methyl sites for hydroxylation is 2. The van der Waals surface area contributed by atoms with Gasteiger partial charge in [-0.15, -0.1) is 10.2 Å². The van der Waals surface area contributed by atoms with Crippen molar-refractivity contribution in [1.29, 1.82) is 0 Å². The van der Waals surface area contributed by atoms with E-state index in [9.17, 15) is 0 Å². The van der Waals surface area contributed by atoms with Gasteiger partial charge < -0.3 is 13.6 Å². The lowest BCUT2D eigenvalue weighted by Crippen LogP contribution is -1.96. The molecule has 0 saturated carbocycles. The van der Waals surface area contributed by atoms with E-state index in [2.05, 4.69) is 38.3 Å². The highest BCUT2D eigenvalue weighted by Gasteiger charge is 2.14. The van der Waals surface area contributed by atoms with Gasteiger partial charge in [-0.05, 0) is 70.6 Å². The number of benzene rings is 1. The van der Waals surface area contributed by atoms with E-state index in [4.69, 9.17) is 13.6 Å². The van der Waals surface area contributed by atoms with E-state index >= 15 is 0 Å². The van der Waals surface area contributed by atoms with Crippen LogP contribution < -0.4 is 4.74 Å². The van der Waals surface area contributed by atoms with Gasteiger partial charge >= 0.3 is 0 Å². The normalized spacial score (nSPS) is 13.3. The number of rotatable bonds is 4. The molecule has 0 radical (unpaired) electrons. The van der Waals surface area contributed by atoms with Crippen LogP contribution in [0.5, 0.6) is 5.75 Å². The molecule has 3 aromatic rings. The molecule has 0 unspecified atom stereocenters. The molecule has 1 aromatic carbocycles. The number of nitrogens with zero attached hydrogens (tertiary/aromatic N) is 2. The number of fused-ring (bicyclic) bond motifs is 1.